The molecule has 2 amide bonds. The lowest BCUT2D eigenvalue weighted by atomic mass is 9.98. The number of hydrogen-bond donors (Lipinski definition) is 3. The molecule has 9 nitrogen and oxygen atoms in total. The summed E-state index contributed by atoms with van der Waals surface area (Å²) in [6.45, 7) is 1.22. The Morgan fingerprint density at radius 3 is 2.34 bits per heavy atom. The number of benzene rings is 2. The quantitative estimate of drug-likeness (QED) is 0.366. The first kappa shape index (κ1) is 24.0. The maximum atomic E-state index is 12.5. The molecule has 1 aromatic heterocycles. The fraction of sp³-hybridized carbons (Fsp3) is 0.308. The zero-order chi connectivity index (χ0) is 24.6. The molecule has 0 saturated carbocycles. The summed E-state index contributed by atoms with van der Waals surface area (Å²) in [4.78, 5) is 40.3. The van der Waals surface area contributed by atoms with Crippen molar-refractivity contribution in [3.8, 4) is 11.1 Å². The lowest BCUT2D eigenvalue weighted by Crippen LogP contribution is -2.48. The molecule has 4 rings (SSSR count). The Morgan fingerprint density at radius 1 is 1.03 bits per heavy atom. The number of carbonyl (C=O) groups is 3. The van der Waals surface area contributed by atoms with Gasteiger partial charge in [-0.3, -0.25) is 9.59 Å². The van der Waals surface area contributed by atoms with Crippen LogP contribution in [0.1, 0.15) is 36.3 Å². The predicted octanol–water partition coefficient (Wildman–Crippen LogP) is 3.16. The predicted molar refractivity (Wildman–Crippen MR) is 129 cm³/mol. The maximum absolute atomic E-state index is 12.5. The third-order valence-corrected chi connectivity index (χ3v) is 6.03. The van der Waals surface area contributed by atoms with Crippen LogP contribution in [0.5, 0.6) is 0 Å². The number of carboxylic acids is 1. The number of rotatable bonds is 11. The minimum absolute atomic E-state index is 0.0789. The monoisotopic (exact) mass is 476 g/mol. The van der Waals surface area contributed by atoms with Crippen LogP contribution < -0.4 is 10.6 Å². The number of alkyl carbamates (subject to hydrolysis) is 1. The number of nitrogens with one attached hydrogen (secondary N) is 2. The molecule has 1 atom stereocenters. The smallest absolute Gasteiger partial charge is 0.407 e. The zero-order valence-corrected chi connectivity index (χ0v) is 19.2. The molecular weight excluding hydrogens is 448 g/mol. The van der Waals surface area contributed by atoms with E-state index in [-0.39, 0.29) is 12.5 Å². The Balaban J connectivity index is 1.29. The summed E-state index contributed by atoms with van der Waals surface area (Å²) in [7, 11) is 0. The molecule has 182 valence electrons. The van der Waals surface area contributed by atoms with E-state index in [1.165, 1.54) is 0 Å². The standard InChI is InChI=1S/C26H28N4O5/c31-24(32)15-23(25(33)28-11-5-6-13-30-14-12-27-17-30)29-26(34)35-16-22-20-9-3-1-7-18(20)19-8-2-4-10-21(19)22/h1-4,7-10,12,14,17,22-23H,5-6,11,13,15-16H2,(H,28,33)(H,29,34)(H,31,32). The van der Waals surface area contributed by atoms with Gasteiger partial charge >= 0.3 is 12.1 Å². The number of carbonyl (C=O) groups excluding carboxylic acids is 2. The molecule has 0 saturated heterocycles. The van der Waals surface area contributed by atoms with Crippen LogP contribution in [0.2, 0.25) is 0 Å². The van der Waals surface area contributed by atoms with E-state index in [0.29, 0.717) is 13.0 Å². The van der Waals surface area contributed by atoms with Crippen LogP contribution in [0.3, 0.4) is 0 Å². The first-order chi connectivity index (χ1) is 17.0. The van der Waals surface area contributed by atoms with Gasteiger partial charge in [0.15, 0.2) is 0 Å². The van der Waals surface area contributed by atoms with E-state index in [1.54, 1.807) is 12.5 Å². The molecule has 0 aliphatic heterocycles. The van der Waals surface area contributed by atoms with Crippen molar-refractivity contribution in [1.82, 2.24) is 20.2 Å². The minimum Gasteiger partial charge on any atom is -0.481 e. The van der Waals surface area contributed by atoms with E-state index in [9.17, 15) is 19.5 Å². The molecule has 3 aromatic rings. The summed E-state index contributed by atoms with van der Waals surface area (Å²) in [5, 5.41) is 14.3. The van der Waals surface area contributed by atoms with Crippen LogP contribution in [-0.4, -0.2) is 51.8 Å². The molecule has 9 heteroatoms. The highest BCUT2D eigenvalue weighted by molar-refractivity contribution is 5.89. The fourth-order valence-corrected chi connectivity index (χ4v) is 4.34. The molecule has 1 aliphatic carbocycles. The molecule has 35 heavy (non-hydrogen) atoms. The number of aromatic nitrogens is 2. The number of aliphatic carboxylic acids is 1. The Hall–Kier alpha value is -4.14. The van der Waals surface area contributed by atoms with Crippen molar-refractivity contribution in [1.29, 1.82) is 0 Å². The van der Waals surface area contributed by atoms with E-state index < -0.39 is 30.4 Å². The van der Waals surface area contributed by atoms with Crippen LogP contribution in [0, 0.1) is 0 Å². The van der Waals surface area contributed by atoms with Gasteiger partial charge in [-0.1, -0.05) is 48.5 Å². The highest BCUT2D eigenvalue weighted by atomic mass is 16.5. The summed E-state index contributed by atoms with van der Waals surface area (Å²) < 4.78 is 7.39. The second kappa shape index (κ2) is 11.3. The SMILES string of the molecule is O=C(O)CC(NC(=O)OCC1c2ccccc2-c2ccccc21)C(=O)NCCCCn1ccnc1. The minimum atomic E-state index is -1.23. The summed E-state index contributed by atoms with van der Waals surface area (Å²) in [5.41, 5.74) is 4.34. The molecule has 2 aromatic carbocycles. The number of imidazole rings is 1. The normalized spacial score (nSPS) is 12.9. The lowest BCUT2D eigenvalue weighted by Gasteiger charge is -2.18. The van der Waals surface area contributed by atoms with Gasteiger partial charge in [0.2, 0.25) is 5.91 Å². The fourth-order valence-electron chi connectivity index (χ4n) is 4.34. The van der Waals surface area contributed by atoms with Gasteiger partial charge in [-0.2, -0.15) is 0 Å². The van der Waals surface area contributed by atoms with Gasteiger partial charge in [-0.25, -0.2) is 9.78 Å². The van der Waals surface area contributed by atoms with Crippen LogP contribution in [0.4, 0.5) is 4.79 Å². The van der Waals surface area contributed by atoms with Crippen LogP contribution in [0.15, 0.2) is 67.3 Å². The van der Waals surface area contributed by atoms with Crippen molar-refractivity contribution in [3.05, 3.63) is 78.4 Å². The molecule has 0 spiro atoms. The zero-order valence-electron chi connectivity index (χ0n) is 19.2. The van der Waals surface area contributed by atoms with Gasteiger partial charge in [0, 0.05) is 31.4 Å². The number of unbranched alkanes of at least 4 members (excludes halogenated alkanes) is 1. The van der Waals surface area contributed by atoms with E-state index in [0.717, 1.165) is 35.2 Å². The lowest BCUT2D eigenvalue weighted by molar-refractivity contribution is -0.139. The Bertz CT molecular complexity index is 1130. The first-order valence-electron chi connectivity index (χ1n) is 11.6. The number of amides is 2. The van der Waals surface area contributed by atoms with E-state index >= 15 is 0 Å². The molecule has 0 bridgehead atoms. The van der Waals surface area contributed by atoms with Gasteiger partial charge in [0.05, 0.1) is 12.7 Å². The van der Waals surface area contributed by atoms with Crippen LogP contribution >= 0.6 is 0 Å². The topological polar surface area (TPSA) is 123 Å². The Morgan fingerprint density at radius 2 is 1.71 bits per heavy atom. The van der Waals surface area contributed by atoms with Gasteiger partial charge in [0.25, 0.3) is 0 Å². The number of aryl methyl sites for hydroxylation is 1. The number of ether oxygens (including phenoxy) is 1. The average molecular weight is 477 g/mol. The van der Waals surface area contributed by atoms with Crippen LogP contribution in [-0.2, 0) is 20.9 Å². The van der Waals surface area contributed by atoms with Gasteiger partial charge in [-0.15, -0.1) is 0 Å². The summed E-state index contributed by atoms with van der Waals surface area (Å²) in [5.74, 6) is -1.87. The van der Waals surface area contributed by atoms with E-state index in [1.807, 2.05) is 59.3 Å². The maximum Gasteiger partial charge on any atom is 0.407 e. The first-order valence-corrected chi connectivity index (χ1v) is 11.6. The number of nitrogens with zero attached hydrogens (tertiary/aromatic N) is 2. The summed E-state index contributed by atoms with van der Waals surface area (Å²) >= 11 is 0. The van der Waals surface area contributed by atoms with Gasteiger partial charge < -0.3 is 25.0 Å². The van der Waals surface area contributed by atoms with Gasteiger partial charge in [-0.05, 0) is 35.1 Å². The van der Waals surface area contributed by atoms with Crippen molar-refractivity contribution < 1.29 is 24.2 Å². The number of carboxylic acid groups (broad SMARTS) is 1. The Labute approximate surface area is 203 Å². The van der Waals surface area contributed by atoms with E-state index in [2.05, 4.69) is 15.6 Å². The van der Waals surface area contributed by atoms with Crippen molar-refractivity contribution >= 4 is 18.0 Å². The number of hydrogen-bond acceptors (Lipinski definition) is 5. The van der Waals surface area contributed by atoms with Crippen molar-refractivity contribution in [2.24, 2.45) is 0 Å². The third kappa shape index (κ3) is 6.06. The summed E-state index contributed by atoms with van der Waals surface area (Å²) in [6, 6.07) is 14.7. The largest absolute Gasteiger partial charge is 0.481 e. The Kier molecular flexibility index (Phi) is 7.77. The van der Waals surface area contributed by atoms with Crippen molar-refractivity contribution in [2.45, 2.75) is 37.8 Å². The molecule has 1 heterocycles. The molecule has 0 radical (unpaired) electrons. The average Bonchev–Trinajstić information content (AvgIpc) is 3.48. The molecular formula is C26H28N4O5. The third-order valence-electron chi connectivity index (χ3n) is 6.03. The second-order valence-corrected chi connectivity index (χ2v) is 8.42. The van der Waals surface area contributed by atoms with Crippen molar-refractivity contribution in [2.75, 3.05) is 13.2 Å². The van der Waals surface area contributed by atoms with Crippen molar-refractivity contribution in [3.63, 3.8) is 0 Å². The second-order valence-electron chi connectivity index (χ2n) is 8.42. The molecule has 1 aliphatic rings. The highest BCUT2D eigenvalue weighted by Gasteiger charge is 2.30. The molecule has 1 unspecified atom stereocenters. The molecule has 0 fully saturated rings. The van der Waals surface area contributed by atoms with E-state index in [4.69, 9.17) is 4.74 Å². The summed E-state index contributed by atoms with van der Waals surface area (Å²) in [6.07, 6.45) is 5.44. The number of fused-ring (bicyclic) bond motifs is 3. The van der Waals surface area contributed by atoms with Gasteiger partial charge in [0.1, 0.15) is 12.6 Å². The highest BCUT2D eigenvalue weighted by Crippen LogP contribution is 2.44. The molecule has 3 N–H and O–H groups in total. The van der Waals surface area contributed by atoms with Crippen LogP contribution in [0.25, 0.3) is 11.1 Å².